The summed E-state index contributed by atoms with van der Waals surface area (Å²) < 4.78 is 32.4. The van der Waals surface area contributed by atoms with Gasteiger partial charge in [0.2, 0.25) is 0 Å². The molecule has 0 saturated carbocycles. The third-order valence-electron chi connectivity index (χ3n) is 3.38. The maximum atomic E-state index is 12.4. The first kappa shape index (κ1) is 16.8. The largest absolute Gasteiger partial charge is 0.389 e. The van der Waals surface area contributed by atoms with E-state index in [1.54, 1.807) is 0 Å². The lowest BCUT2D eigenvalue weighted by Gasteiger charge is -2.36. The summed E-state index contributed by atoms with van der Waals surface area (Å²) in [6.07, 6.45) is 0.256. The van der Waals surface area contributed by atoms with Gasteiger partial charge in [-0.25, -0.2) is 0 Å². The van der Waals surface area contributed by atoms with Crippen molar-refractivity contribution in [3.63, 3.8) is 0 Å². The molecule has 1 aliphatic rings. The number of hydrogen-bond acceptors (Lipinski definition) is 4. The second-order valence-corrected chi connectivity index (χ2v) is 7.70. The van der Waals surface area contributed by atoms with Crippen molar-refractivity contribution < 1.29 is 18.3 Å². The number of aliphatic hydroxyl groups excluding tert-OH is 1. The van der Waals surface area contributed by atoms with E-state index in [4.69, 9.17) is 4.74 Å². The molecule has 1 N–H and O–H groups in total. The van der Waals surface area contributed by atoms with Crippen molar-refractivity contribution in [3.05, 3.63) is 0 Å². The Bertz CT molecular complexity index is 364. The lowest BCUT2D eigenvalue weighted by Crippen LogP contribution is -2.50. The van der Waals surface area contributed by atoms with Crippen LogP contribution in [0.4, 0.5) is 0 Å². The van der Waals surface area contributed by atoms with Crippen molar-refractivity contribution in [3.8, 4) is 0 Å². The van der Waals surface area contributed by atoms with Gasteiger partial charge in [-0.3, -0.25) is 0 Å². The van der Waals surface area contributed by atoms with Crippen LogP contribution < -0.4 is 0 Å². The van der Waals surface area contributed by atoms with Crippen LogP contribution in [0.5, 0.6) is 0 Å². The summed E-state index contributed by atoms with van der Waals surface area (Å²) in [6.45, 7) is 5.42. The molecule has 1 fully saturated rings. The molecule has 114 valence electrons. The Hall–Kier alpha value is -0.210. The highest BCUT2D eigenvalue weighted by molar-refractivity contribution is 7.86. The Morgan fingerprint density at radius 3 is 2.37 bits per heavy atom. The molecule has 0 radical (unpaired) electrons. The van der Waals surface area contributed by atoms with Crippen LogP contribution in [0.3, 0.4) is 0 Å². The van der Waals surface area contributed by atoms with Crippen LogP contribution in [0.25, 0.3) is 0 Å². The van der Waals surface area contributed by atoms with Gasteiger partial charge in [0.25, 0.3) is 10.2 Å². The zero-order chi connectivity index (χ0) is 14.6. The standard InChI is InChI=1S/C12H26N2O4S/c1-10-5-11(2)7-14(6-10)19(16,17)13(3)8-12(15)9-18-4/h10-12,15H,5-9H2,1-4H3. The molecule has 0 amide bonds. The quantitative estimate of drug-likeness (QED) is 0.757. The molecule has 3 unspecified atom stereocenters. The topological polar surface area (TPSA) is 70.1 Å². The Kier molecular flexibility index (Phi) is 6.19. The molecule has 6 nitrogen and oxygen atoms in total. The van der Waals surface area contributed by atoms with Gasteiger partial charge >= 0.3 is 0 Å². The molecule has 0 aliphatic carbocycles. The fourth-order valence-corrected chi connectivity index (χ4v) is 4.27. The van der Waals surface area contributed by atoms with E-state index in [9.17, 15) is 13.5 Å². The Balaban J connectivity index is 2.68. The van der Waals surface area contributed by atoms with Crippen LogP contribution in [-0.2, 0) is 14.9 Å². The first-order chi connectivity index (χ1) is 8.77. The molecule has 1 heterocycles. The summed E-state index contributed by atoms with van der Waals surface area (Å²) in [5, 5.41) is 9.64. The van der Waals surface area contributed by atoms with Crippen molar-refractivity contribution in [1.29, 1.82) is 0 Å². The lowest BCUT2D eigenvalue weighted by atomic mass is 9.94. The number of hydrogen-bond donors (Lipinski definition) is 1. The van der Waals surface area contributed by atoms with E-state index >= 15 is 0 Å². The Morgan fingerprint density at radius 2 is 1.89 bits per heavy atom. The molecule has 1 rings (SSSR count). The third kappa shape index (κ3) is 4.68. The average molecular weight is 294 g/mol. The summed E-state index contributed by atoms with van der Waals surface area (Å²) in [5.74, 6) is 0.742. The van der Waals surface area contributed by atoms with Crippen LogP contribution in [0.1, 0.15) is 20.3 Å². The van der Waals surface area contributed by atoms with Crippen molar-refractivity contribution in [2.24, 2.45) is 11.8 Å². The van der Waals surface area contributed by atoms with E-state index < -0.39 is 16.3 Å². The first-order valence-corrected chi connectivity index (χ1v) is 8.05. The fourth-order valence-electron chi connectivity index (χ4n) is 2.63. The van der Waals surface area contributed by atoms with E-state index in [2.05, 4.69) is 13.8 Å². The zero-order valence-corrected chi connectivity index (χ0v) is 13.1. The monoisotopic (exact) mass is 294 g/mol. The third-order valence-corrected chi connectivity index (χ3v) is 5.27. The van der Waals surface area contributed by atoms with Crippen LogP contribution in [0, 0.1) is 11.8 Å². The summed E-state index contributed by atoms with van der Waals surface area (Å²) >= 11 is 0. The van der Waals surface area contributed by atoms with E-state index in [-0.39, 0.29) is 13.2 Å². The Labute approximate surface area is 116 Å². The minimum Gasteiger partial charge on any atom is -0.389 e. The number of piperidine rings is 1. The number of ether oxygens (including phenoxy) is 1. The van der Waals surface area contributed by atoms with Gasteiger partial charge < -0.3 is 9.84 Å². The zero-order valence-electron chi connectivity index (χ0n) is 12.2. The highest BCUT2D eigenvalue weighted by Gasteiger charge is 2.33. The molecular weight excluding hydrogens is 268 g/mol. The summed E-state index contributed by atoms with van der Waals surface area (Å²) in [6, 6.07) is 0. The number of rotatable bonds is 6. The van der Waals surface area contributed by atoms with Gasteiger partial charge in [-0.1, -0.05) is 13.8 Å². The highest BCUT2D eigenvalue weighted by Crippen LogP contribution is 2.24. The first-order valence-electron chi connectivity index (χ1n) is 6.65. The predicted molar refractivity (Wildman–Crippen MR) is 74.0 cm³/mol. The molecule has 0 aromatic carbocycles. The summed E-state index contributed by atoms with van der Waals surface area (Å²) in [7, 11) is -0.514. The van der Waals surface area contributed by atoms with Crippen molar-refractivity contribution in [2.45, 2.75) is 26.4 Å². The molecule has 0 spiro atoms. The number of nitrogens with zero attached hydrogens (tertiary/aromatic N) is 2. The minimum atomic E-state index is -3.49. The van der Waals surface area contributed by atoms with Crippen molar-refractivity contribution in [2.75, 3.05) is 40.4 Å². The number of likely N-dealkylation sites (N-methyl/N-ethyl adjacent to an activating group) is 1. The molecular formula is C12H26N2O4S. The highest BCUT2D eigenvalue weighted by atomic mass is 32.2. The van der Waals surface area contributed by atoms with E-state index in [1.165, 1.54) is 22.8 Å². The normalized spacial score (nSPS) is 27.7. The second kappa shape index (κ2) is 6.99. The van der Waals surface area contributed by atoms with Crippen molar-refractivity contribution >= 4 is 10.2 Å². The predicted octanol–water partition coefficient (Wildman–Crippen LogP) is 0.148. The molecule has 3 atom stereocenters. The molecule has 1 saturated heterocycles. The van der Waals surface area contributed by atoms with Crippen molar-refractivity contribution in [1.82, 2.24) is 8.61 Å². The molecule has 0 bridgehead atoms. The van der Waals surface area contributed by atoms with Crippen LogP contribution in [0.2, 0.25) is 0 Å². The Morgan fingerprint density at radius 1 is 1.37 bits per heavy atom. The molecule has 19 heavy (non-hydrogen) atoms. The summed E-state index contributed by atoms with van der Waals surface area (Å²) in [4.78, 5) is 0. The summed E-state index contributed by atoms with van der Waals surface area (Å²) in [5.41, 5.74) is 0. The van der Waals surface area contributed by atoms with Gasteiger partial charge in [-0.05, 0) is 18.3 Å². The molecule has 1 aliphatic heterocycles. The van der Waals surface area contributed by atoms with E-state index in [0.29, 0.717) is 24.9 Å². The lowest BCUT2D eigenvalue weighted by molar-refractivity contribution is 0.0541. The maximum absolute atomic E-state index is 12.4. The van der Waals surface area contributed by atoms with Gasteiger partial charge in [0.15, 0.2) is 0 Å². The minimum absolute atomic E-state index is 0.0510. The van der Waals surface area contributed by atoms with Crippen LogP contribution in [-0.4, -0.2) is 68.6 Å². The van der Waals surface area contributed by atoms with Gasteiger partial charge in [-0.15, -0.1) is 0 Å². The SMILES string of the molecule is COCC(O)CN(C)S(=O)(=O)N1CC(C)CC(C)C1. The van der Waals surface area contributed by atoms with Gasteiger partial charge in [0.1, 0.15) is 0 Å². The average Bonchev–Trinajstić information content (AvgIpc) is 2.27. The molecule has 7 heteroatoms. The van der Waals surface area contributed by atoms with E-state index in [1.807, 2.05) is 0 Å². The van der Waals surface area contributed by atoms with Gasteiger partial charge in [0.05, 0.1) is 12.7 Å². The molecule has 0 aromatic heterocycles. The number of aliphatic hydroxyl groups is 1. The van der Waals surface area contributed by atoms with Crippen LogP contribution in [0.15, 0.2) is 0 Å². The smallest absolute Gasteiger partial charge is 0.281 e. The van der Waals surface area contributed by atoms with Crippen LogP contribution >= 0.6 is 0 Å². The fraction of sp³-hybridized carbons (Fsp3) is 1.00. The molecule has 0 aromatic rings. The number of methoxy groups -OCH3 is 1. The second-order valence-electron chi connectivity index (χ2n) is 5.66. The maximum Gasteiger partial charge on any atom is 0.281 e. The van der Waals surface area contributed by atoms with Gasteiger partial charge in [0, 0.05) is 33.8 Å². The van der Waals surface area contributed by atoms with E-state index in [0.717, 1.165) is 6.42 Å². The van der Waals surface area contributed by atoms with Gasteiger partial charge in [-0.2, -0.15) is 17.0 Å².